The third kappa shape index (κ3) is 10.9. The SMILES string of the molecule is COc1ccc(C[C@@H]2NC(=O)[C@H](CC(C)C)NC(=O)CN(Cc3ccc(C(=O)O)cc3)C[C@H](C(C)C)NC(=O)[C@@H](C)NC2=O)cc1. The van der Waals surface area contributed by atoms with Crippen molar-refractivity contribution in [3.63, 3.8) is 0 Å². The quantitative estimate of drug-likeness (QED) is 0.279. The number of carbonyl (C=O) groups is 5. The number of benzene rings is 2. The number of carboxylic acids is 1. The summed E-state index contributed by atoms with van der Waals surface area (Å²) in [7, 11) is 1.56. The summed E-state index contributed by atoms with van der Waals surface area (Å²) < 4.78 is 5.23. The fourth-order valence-corrected chi connectivity index (χ4v) is 5.21. The molecule has 3 rings (SSSR count). The van der Waals surface area contributed by atoms with Crippen molar-refractivity contribution in [3.8, 4) is 5.75 Å². The molecule has 1 heterocycles. The van der Waals surface area contributed by atoms with Crippen LogP contribution < -0.4 is 26.0 Å². The molecule has 12 heteroatoms. The van der Waals surface area contributed by atoms with E-state index in [1.807, 2.05) is 32.6 Å². The van der Waals surface area contributed by atoms with Crippen LogP contribution >= 0.6 is 0 Å². The third-order valence-electron chi connectivity index (χ3n) is 7.90. The lowest BCUT2D eigenvalue weighted by molar-refractivity contribution is -0.133. The van der Waals surface area contributed by atoms with Crippen molar-refractivity contribution in [2.24, 2.45) is 11.8 Å². The van der Waals surface area contributed by atoms with Crippen LogP contribution in [0.5, 0.6) is 5.75 Å². The maximum atomic E-state index is 13.7. The molecule has 12 nitrogen and oxygen atoms in total. The van der Waals surface area contributed by atoms with E-state index in [1.165, 1.54) is 12.1 Å². The first-order valence-electron chi connectivity index (χ1n) is 15.6. The largest absolute Gasteiger partial charge is 0.497 e. The minimum absolute atomic E-state index is 0.0257. The van der Waals surface area contributed by atoms with E-state index in [0.717, 1.165) is 11.1 Å². The monoisotopic (exact) mass is 637 g/mol. The summed E-state index contributed by atoms with van der Waals surface area (Å²) in [5.41, 5.74) is 1.70. The van der Waals surface area contributed by atoms with E-state index in [9.17, 15) is 29.1 Å². The summed E-state index contributed by atoms with van der Waals surface area (Å²) in [5, 5.41) is 20.8. The Kier molecular flexibility index (Phi) is 13.1. The molecular formula is C34H47N5O7. The highest BCUT2D eigenvalue weighted by Gasteiger charge is 2.31. The van der Waals surface area contributed by atoms with Crippen molar-refractivity contribution in [2.75, 3.05) is 20.2 Å². The van der Waals surface area contributed by atoms with Crippen LogP contribution in [0.4, 0.5) is 0 Å². The molecule has 1 aliphatic heterocycles. The Balaban J connectivity index is 1.95. The number of aromatic carboxylic acids is 1. The third-order valence-corrected chi connectivity index (χ3v) is 7.90. The fourth-order valence-electron chi connectivity index (χ4n) is 5.21. The highest BCUT2D eigenvalue weighted by molar-refractivity contribution is 5.94. The second-order valence-electron chi connectivity index (χ2n) is 12.6. The molecule has 1 aliphatic rings. The number of rotatable bonds is 9. The van der Waals surface area contributed by atoms with E-state index < -0.39 is 47.7 Å². The molecule has 0 bridgehead atoms. The number of nitrogens with zero attached hydrogens (tertiary/aromatic N) is 1. The molecule has 0 unspecified atom stereocenters. The molecule has 250 valence electrons. The van der Waals surface area contributed by atoms with Gasteiger partial charge in [-0.05, 0) is 60.6 Å². The van der Waals surface area contributed by atoms with E-state index >= 15 is 0 Å². The molecule has 0 aromatic heterocycles. The Morgan fingerprint density at radius 3 is 2.02 bits per heavy atom. The van der Waals surface area contributed by atoms with Crippen LogP contribution in [0.2, 0.25) is 0 Å². The zero-order chi connectivity index (χ0) is 34.0. The van der Waals surface area contributed by atoms with Crippen LogP contribution in [0.15, 0.2) is 48.5 Å². The standard InChI is InChI=1S/C34H47N5O7/c1-20(2)15-27-33(43)37-28(16-23-9-13-26(46-6)14-10-23)32(42)35-22(5)31(41)38-29(21(3)4)18-39(19-30(40)36-27)17-24-7-11-25(12-8-24)34(44)45/h7-14,20-22,27-29H,15-19H2,1-6H3,(H,35,42)(H,36,40)(H,37,43)(H,38,41)(H,44,45)/t22-,27+,28+,29-/m1/s1. The van der Waals surface area contributed by atoms with E-state index in [2.05, 4.69) is 21.3 Å². The van der Waals surface area contributed by atoms with Crippen LogP contribution in [0, 0.1) is 11.8 Å². The molecule has 46 heavy (non-hydrogen) atoms. The fraction of sp³-hybridized carbons (Fsp3) is 0.500. The molecule has 2 aromatic carbocycles. The first-order valence-corrected chi connectivity index (χ1v) is 15.6. The molecule has 2 aromatic rings. The van der Waals surface area contributed by atoms with E-state index in [4.69, 9.17) is 4.74 Å². The van der Waals surface area contributed by atoms with Gasteiger partial charge in [0.15, 0.2) is 0 Å². The van der Waals surface area contributed by atoms with Gasteiger partial charge in [0.05, 0.1) is 19.2 Å². The second kappa shape index (κ2) is 16.7. The number of amides is 4. The van der Waals surface area contributed by atoms with Gasteiger partial charge in [0.2, 0.25) is 23.6 Å². The summed E-state index contributed by atoms with van der Waals surface area (Å²) in [6, 6.07) is 10.3. The minimum Gasteiger partial charge on any atom is -0.497 e. The number of methoxy groups -OCH3 is 1. The lowest BCUT2D eigenvalue weighted by Crippen LogP contribution is -2.57. The molecule has 5 N–H and O–H groups in total. The summed E-state index contributed by atoms with van der Waals surface area (Å²) in [6.07, 6.45) is 0.497. The van der Waals surface area contributed by atoms with Crippen molar-refractivity contribution in [2.45, 2.75) is 78.2 Å². The number of carboxylic acid groups (broad SMARTS) is 1. The number of ether oxygens (including phenoxy) is 1. The molecule has 0 spiro atoms. The van der Waals surface area contributed by atoms with Gasteiger partial charge in [-0.3, -0.25) is 24.1 Å². The van der Waals surface area contributed by atoms with Gasteiger partial charge in [0, 0.05) is 25.6 Å². The van der Waals surface area contributed by atoms with E-state index in [1.54, 1.807) is 50.4 Å². The molecule has 1 saturated heterocycles. The molecule has 1 fully saturated rings. The second-order valence-corrected chi connectivity index (χ2v) is 12.6. The topological polar surface area (TPSA) is 166 Å². The summed E-state index contributed by atoms with van der Waals surface area (Å²) in [5.74, 6) is -2.17. The summed E-state index contributed by atoms with van der Waals surface area (Å²) in [4.78, 5) is 67.2. The van der Waals surface area contributed by atoms with Crippen molar-refractivity contribution in [1.82, 2.24) is 26.2 Å². The van der Waals surface area contributed by atoms with Crippen LogP contribution in [0.1, 0.15) is 62.5 Å². The van der Waals surface area contributed by atoms with Crippen LogP contribution in [0.25, 0.3) is 0 Å². The van der Waals surface area contributed by atoms with Gasteiger partial charge in [0.1, 0.15) is 23.9 Å². The predicted octanol–water partition coefficient (Wildman–Crippen LogP) is 2.11. The first-order chi connectivity index (χ1) is 21.7. The van der Waals surface area contributed by atoms with Crippen molar-refractivity contribution in [1.29, 1.82) is 0 Å². The van der Waals surface area contributed by atoms with Crippen molar-refractivity contribution < 1.29 is 33.8 Å². The Labute approximate surface area is 270 Å². The van der Waals surface area contributed by atoms with Crippen LogP contribution in [-0.4, -0.2) is 84.0 Å². The molecule has 0 radical (unpaired) electrons. The van der Waals surface area contributed by atoms with E-state index in [0.29, 0.717) is 25.3 Å². The van der Waals surface area contributed by atoms with Gasteiger partial charge in [-0.2, -0.15) is 0 Å². The van der Waals surface area contributed by atoms with Gasteiger partial charge in [0.25, 0.3) is 0 Å². The lowest BCUT2D eigenvalue weighted by Gasteiger charge is -2.31. The first kappa shape index (κ1) is 36.0. The minimum atomic E-state index is -1.04. The normalized spacial score (nSPS) is 22.3. The highest BCUT2D eigenvalue weighted by Crippen LogP contribution is 2.15. The Morgan fingerprint density at radius 2 is 1.46 bits per heavy atom. The molecular weight excluding hydrogens is 590 g/mol. The molecule has 0 saturated carbocycles. The Bertz CT molecular complexity index is 1360. The Morgan fingerprint density at radius 1 is 0.848 bits per heavy atom. The zero-order valence-corrected chi connectivity index (χ0v) is 27.5. The van der Waals surface area contributed by atoms with Crippen molar-refractivity contribution in [3.05, 3.63) is 65.2 Å². The number of nitrogens with one attached hydrogen (secondary N) is 4. The smallest absolute Gasteiger partial charge is 0.335 e. The van der Waals surface area contributed by atoms with Gasteiger partial charge in [-0.25, -0.2) is 4.79 Å². The summed E-state index contributed by atoms with van der Waals surface area (Å²) >= 11 is 0. The van der Waals surface area contributed by atoms with Crippen molar-refractivity contribution >= 4 is 29.6 Å². The molecule has 0 aliphatic carbocycles. The van der Waals surface area contributed by atoms with Gasteiger partial charge >= 0.3 is 5.97 Å². The maximum absolute atomic E-state index is 13.7. The van der Waals surface area contributed by atoms with Gasteiger partial charge < -0.3 is 31.1 Å². The molecule has 4 atom stereocenters. The summed E-state index contributed by atoms with van der Waals surface area (Å²) in [6.45, 7) is 9.88. The van der Waals surface area contributed by atoms with Crippen LogP contribution in [0.3, 0.4) is 0 Å². The van der Waals surface area contributed by atoms with Gasteiger partial charge in [-0.15, -0.1) is 0 Å². The number of hydrogen-bond acceptors (Lipinski definition) is 7. The maximum Gasteiger partial charge on any atom is 0.335 e. The molecule has 4 amide bonds. The Hall–Kier alpha value is -4.45. The zero-order valence-electron chi connectivity index (χ0n) is 27.5. The highest BCUT2D eigenvalue weighted by atomic mass is 16.5. The number of hydrogen-bond donors (Lipinski definition) is 5. The predicted molar refractivity (Wildman–Crippen MR) is 173 cm³/mol. The number of carbonyl (C=O) groups excluding carboxylic acids is 4. The van der Waals surface area contributed by atoms with Gasteiger partial charge in [-0.1, -0.05) is 52.0 Å². The lowest BCUT2D eigenvalue weighted by atomic mass is 10.0. The average molecular weight is 638 g/mol. The van der Waals surface area contributed by atoms with E-state index in [-0.39, 0.29) is 36.4 Å². The van der Waals surface area contributed by atoms with Crippen LogP contribution in [-0.2, 0) is 32.1 Å². The average Bonchev–Trinajstić information content (AvgIpc) is 2.99.